The fraction of sp³-hybridized carbons (Fsp3) is 0.217. The Morgan fingerprint density at radius 3 is 1.54 bits per heavy atom. The van der Waals surface area contributed by atoms with E-state index in [0.29, 0.717) is 22.3 Å². The molecule has 7 rings (SSSR count). The van der Waals surface area contributed by atoms with Crippen LogP contribution in [0.3, 0.4) is 0 Å². The van der Waals surface area contributed by atoms with Crippen LogP contribution < -0.4 is 0 Å². The number of carbonyl (C=O) groups excluding carboxylic acids is 2. The van der Waals surface area contributed by atoms with E-state index >= 15 is 0 Å². The van der Waals surface area contributed by atoms with Crippen LogP contribution >= 0.6 is 0 Å². The van der Waals surface area contributed by atoms with Gasteiger partial charge in [0.05, 0.1) is 11.8 Å². The molecule has 28 heavy (non-hydrogen) atoms. The highest BCUT2D eigenvalue weighted by Gasteiger charge is 2.72. The van der Waals surface area contributed by atoms with Gasteiger partial charge in [0.1, 0.15) is 11.2 Å². The highest BCUT2D eigenvalue weighted by atomic mass is 16.3. The number of aliphatic hydroxyl groups is 2. The number of benzene rings is 3. The van der Waals surface area contributed by atoms with Crippen LogP contribution in [0.1, 0.15) is 22.3 Å². The Kier molecular flexibility index (Phi) is 2.68. The lowest BCUT2D eigenvalue weighted by molar-refractivity contribution is -0.153. The van der Waals surface area contributed by atoms with Crippen LogP contribution in [0, 0.1) is 11.8 Å². The normalized spacial score (nSPS) is 32.5. The first-order valence-corrected chi connectivity index (χ1v) is 9.30. The maximum Gasteiger partial charge on any atom is 0.236 e. The third kappa shape index (κ3) is 1.47. The summed E-state index contributed by atoms with van der Waals surface area (Å²) in [5, 5.41) is 25.9. The lowest BCUT2D eigenvalue weighted by atomic mass is 9.50. The smallest absolute Gasteiger partial charge is 0.236 e. The first-order chi connectivity index (χ1) is 13.4. The van der Waals surface area contributed by atoms with Crippen LogP contribution in [0.25, 0.3) is 10.8 Å². The molecule has 0 saturated carbocycles. The topological polar surface area (TPSA) is 77.8 Å². The molecule has 4 atom stereocenters. The van der Waals surface area contributed by atoms with E-state index in [1.165, 1.54) is 7.05 Å². The molecule has 3 aromatic rings. The second kappa shape index (κ2) is 4.69. The minimum atomic E-state index is -1.66. The Morgan fingerprint density at radius 2 is 1.11 bits per heavy atom. The van der Waals surface area contributed by atoms with Crippen LogP contribution in [0.5, 0.6) is 0 Å². The molecule has 0 unspecified atom stereocenters. The highest BCUT2D eigenvalue weighted by molar-refractivity contribution is 6.08. The van der Waals surface area contributed by atoms with Gasteiger partial charge in [-0.05, 0) is 45.2 Å². The molecule has 1 saturated heterocycles. The summed E-state index contributed by atoms with van der Waals surface area (Å²) in [6.45, 7) is 0. The summed E-state index contributed by atoms with van der Waals surface area (Å²) < 4.78 is 0. The van der Waals surface area contributed by atoms with Gasteiger partial charge in [-0.25, -0.2) is 0 Å². The van der Waals surface area contributed by atoms with Crippen LogP contribution in [0.15, 0.2) is 60.7 Å². The summed E-state index contributed by atoms with van der Waals surface area (Å²) in [4.78, 5) is 27.1. The van der Waals surface area contributed by atoms with Crippen LogP contribution in [0.2, 0.25) is 0 Å². The second-order valence-corrected chi connectivity index (χ2v) is 8.01. The number of fused-ring (bicyclic) bond motifs is 1. The average Bonchev–Trinajstić information content (AvgIpc) is 2.96. The van der Waals surface area contributed by atoms with Crippen molar-refractivity contribution in [3.8, 4) is 0 Å². The van der Waals surface area contributed by atoms with Gasteiger partial charge in [-0.15, -0.1) is 0 Å². The lowest BCUT2D eigenvalue weighted by Crippen LogP contribution is -2.61. The summed E-state index contributed by atoms with van der Waals surface area (Å²) in [5.74, 6) is -2.99. The fourth-order valence-electron chi connectivity index (χ4n) is 5.63. The Balaban J connectivity index is 1.82. The summed E-state index contributed by atoms with van der Waals surface area (Å²) in [7, 11) is 1.42. The number of amides is 2. The Morgan fingerprint density at radius 1 is 0.714 bits per heavy atom. The van der Waals surface area contributed by atoms with Gasteiger partial charge in [0, 0.05) is 7.05 Å². The minimum Gasteiger partial charge on any atom is -0.379 e. The van der Waals surface area contributed by atoms with Crippen molar-refractivity contribution >= 4 is 22.6 Å². The van der Waals surface area contributed by atoms with E-state index in [1.54, 1.807) is 24.3 Å². The van der Waals surface area contributed by atoms with Crippen molar-refractivity contribution in [2.45, 2.75) is 11.2 Å². The first kappa shape index (κ1) is 16.0. The van der Waals surface area contributed by atoms with Crippen LogP contribution in [-0.2, 0) is 20.8 Å². The predicted molar refractivity (Wildman–Crippen MR) is 101 cm³/mol. The molecule has 138 valence electrons. The molecule has 4 aliphatic rings. The molecule has 5 heteroatoms. The molecule has 2 bridgehead atoms. The molecule has 5 nitrogen and oxygen atoms in total. The van der Waals surface area contributed by atoms with Crippen molar-refractivity contribution in [2.24, 2.45) is 11.8 Å². The quantitative estimate of drug-likeness (QED) is 0.592. The number of imide groups is 1. The number of hydrogen-bond acceptors (Lipinski definition) is 4. The third-order valence-corrected chi connectivity index (χ3v) is 6.88. The molecule has 0 radical (unpaired) electrons. The van der Waals surface area contributed by atoms with Crippen molar-refractivity contribution in [1.29, 1.82) is 0 Å². The number of carbonyl (C=O) groups is 2. The number of rotatable bonds is 0. The zero-order valence-corrected chi connectivity index (χ0v) is 15.1. The van der Waals surface area contributed by atoms with Gasteiger partial charge in [-0.1, -0.05) is 48.5 Å². The van der Waals surface area contributed by atoms with Gasteiger partial charge in [0.25, 0.3) is 0 Å². The van der Waals surface area contributed by atoms with Crippen LogP contribution in [-0.4, -0.2) is 34.0 Å². The number of likely N-dealkylation sites (tertiary alicyclic amines) is 1. The van der Waals surface area contributed by atoms with E-state index in [9.17, 15) is 19.8 Å². The molecule has 3 aromatic carbocycles. The van der Waals surface area contributed by atoms with Gasteiger partial charge in [-0.3, -0.25) is 14.5 Å². The standard InChI is InChI=1S/C23H17NO4/c1-24-20(25)18-19(21(24)26)23(28)15-9-5-4-8-14(15)22(18,27)16-10-12-6-2-3-7-13(12)11-17(16)23/h2-11,18-19,27-28H,1H3/t18-,19+,22-,23-/m0/s1. The van der Waals surface area contributed by atoms with E-state index in [1.807, 2.05) is 36.4 Å². The van der Waals surface area contributed by atoms with Crippen molar-refractivity contribution in [3.63, 3.8) is 0 Å². The van der Waals surface area contributed by atoms with Crippen molar-refractivity contribution < 1.29 is 19.8 Å². The summed E-state index contributed by atoms with van der Waals surface area (Å²) in [6, 6.07) is 18.4. The Hall–Kier alpha value is -3.02. The average molecular weight is 371 g/mol. The van der Waals surface area contributed by atoms with Gasteiger partial charge in [0.15, 0.2) is 0 Å². The summed E-state index contributed by atoms with van der Waals surface area (Å²) in [5.41, 5.74) is -1.32. The summed E-state index contributed by atoms with van der Waals surface area (Å²) >= 11 is 0. The first-order valence-electron chi connectivity index (χ1n) is 9.30. The molecule has 0 aromatic heterocycles. The van der Waals surface area contributed by atoms with E-state index in [0.717, 1.165) is 15.7 Å². The van der Waals surface area contributed by atoms with Gasteiger partial charge in [-0.2, -0.15) is 0 Å². The Labute approximate surface area is 160 Å². The van der Waals surface area contributed by atoms with E-state index < -0.39 is 34.9 Å². The van der Waals surface area contributed by atoms with E-state index in [-0.39, 0.29) is 0 Å². The minimum absolute atomic E-state index is 0.454. The molecule has 3 aliphatic carbocycles. The van der Waals surface area contributed by atoms with Crippen LogP contribution in [0.4, 0.5) is 0 Å². The van der Waals surface area contributed by atoms with E-state index in [2.05, 4.69) is 0 Å². The molecule has 2 N–H and O–H groups in total. The molecule has 1 fully saturated rings. The maximum absolute atomic E-state index is 13.0. The molecular formula is C23H17NO4. The largest absolute Gasteiger partial charge is 0.379 e. The molecule has 1 heterocycles. The summed E-state index contributed by atoms with van der Waals surface area (Å²) in [6.07, 6.45) is 0. The lowest BCUT2D eigenvalue weighted by Gasteiger charge is -2.55. The van der Waals surface area contributed by atoms with Gasteiger partial charge >= 0.3 is 0 Å². The number of hydrogen-bond donors (Lipinski definition) is 2. The molecule has 0 spiro atoms. The van der Waals surface area contributed by atoms with Crippen molar-refractivity contribution in [2.75, 3.05) is 7.05 Å². The van der Waals surface area contributed by atoms with E-state index in [4.69, 9.17) is 0 Å². The molecule has 2 amide bonds. The van der Waals surface area contributed by atoms with Crippen molar-refractivity contribution in [1.82, 2.24) is 4.90 Å². The fourth-order valence-corrected chi connectivity index (χ4v) is 5.63. The zero-order chi connectivity index (χ0) is 19.4. The van der Waals surface area contributed by atoms with Gasteiger partial charge < -0.3 is 10.2 Å². The SMILES string of the molecule is CN1C(=O)[C@@H]2[C@H](C1=O)[C@]1(O)c3ccccc3[C@]2(O)c2cc3ccccc3cc21. The number of nitrogens with zero attached hydrogens (tertiary/aromatic N) is 1. The second-order valence-electron chi connectivity index (χ2n) is 8.01. The molecule has 1 aliphatic heterocycles. The molecular weight excluding hydrogens is 354 g/mol. The predicted octanol–water partition coefficient (Wildman–Crippen LogP) is 1.87. The van der Waals surface area contributed by atoms with Crippen molar-refractivity contribution in [3.05, 3.63) is 82.9 Å². The Bertz CT molecular complexity index is 1140. The maximum atomic E-state index is 13.0. The third-order valence-electron chi connectivity index (χ3n) is 6.88. The monoisotopic (exact) mass is 371 g/mol. The van der Waals surface area contributed by atoms with Gasteiger partial charge in [0.2, 0.25) is 11.8 Å². The highest BCUT2D eigenvalue weighted by Crippen LogP contribution is 2.64. The zero-order valence-electron chi connectivity index (χ0n) is 15.1.